The Morgan fingerprint density at radius 2 is 1.81 bits per heavy atom. The Balaban J connectivity index is 1.54. The minimum atomic E-state index is -4.36. The lowest BCUT2D eigenvalue weighted by molar-refractivity contribution is 0.588. The fourth-order valence-corrected chi connectivity index (χ4v) is 5.69. The van der Waals surface area contributed by atoms with Crippen molar-refractivity contribution in [2.75, 3.05) is 10.0 Å². The maximum absolute atomic E-state index is 15.4. The number of sulfonamides is 1. The Bertz CT molecular complexity index is 1720. The summed E-state index contributed by atoms with van der Waals surface area (Å²) in [5.74, 6) is -2.19. The molecule has 5 rings (SSSR count). The summed E-state index contributed by atoms with van der Waals surface area (Å²) in [6.07, 6.45) is 2.83. The monoisotopic (exact) mass is 564 g/mol. The second-order valence-corrected chi connectivity index (χ2v) is 10.5. The maximum Gasteiger partial charge on any atom is 0.263 e. The van der Waals surface area contributed by atoms with Crippen molar-refractivity contribution in [2.24, 2.45) is 0 Å². The first-order chi connectivity index (χ1) is 17.2. The number of fused-ring (bicyclic) bond motifs is 1. The van der Waals surface area contributed by atoms with Crippen LogP contribution in [-0.4, -0.2) is 28.4 Å². The number of pyridine rings is 1. The number of hydrogen-bond acceptors (Lipinski definition) is 8. The number of hydrogen-bond donors (Lipinski definition) is 2. The van der Waals surface area contributed by atoms with Crippen molar-refractivity contribution in [3.8, 4) is 10.7 Å². The zero-order chi connectivity index (χ0) is 25.4. The Morgan fingerprint density at radius 1 is 0.972 bits per heavy atom. The highest BCUT2D eigenvalue weighted by atomic mass is 35.5. The van der Waals surface area contributed by atoms with Crippen molar-refractivity contribution in [3.63, 3.8) is 0 Å². The van der Waals surface area contributed by atoms with Crippen molar-refractivity contribution in [1.82, 2.24) is 19.9 Å². The van der Waals surface area contributed by atoms with E-state index in [1.165, 1.54) is 35.9 Å². The second-order valence-electron chi connectivity index (χ2n) is 7.19. The molecule has 0 saturated heterocycles. The molecule has 14 heteroatoms. The van der Waals surface area contributed by atoms with Crippen molar-refractivity contribution in [1.29, 1.82) is 0 Å². The molecule has 0 aliphatic heterocycles. The molecule has 0 radical (unpaired) electrons. The molecule has 0 unspecified atom stereocenters. The van der Waals surface area contributed by atoms with Gasteiger partial charge in [-0.3, -0.25) is 4.72 Å². The van der Waals surface area contributed by atoms with E-state index < -0.39 is 33.0 Å². The zero-order valence-corrected chi connectivity index (χ0v) is 20.9. The maximum atomic E-state index is 15.4. The molecule has 3 aromatic heterocycles. The van der Waals surface area contributed by atoms with Crippen LogP contribution in [0.5, 0.6) is 0 Å². The number of rotatable bonds is 6. The van der Waals surface area contributed by atoms with Gasteiger partial charge in [0.25, 0.3) is 10.0 Å². The van der Waals surface area contributed by atoms with Gasteiger partial charge in [-0.25, -0.2) is 37.1 Å². The second kappa shape index (κ2) is 9.54. The SMILES string of the molecule is O=S(=O)(Nc1ccc(F)c(Nc2ncnc3ccc(-c4nccs4)nc23)c1F)c1cccc(Cl)c1Cl. The highest BCUT2D eigenvalue weighted by molar-refractivity contribution is 7.92. The highest BCUT2D eigenvalue weighted by Gasteiger charge is 2.24. The first-order valence-corrected chi connectivity index (χ1v) is 13.1. The van der Waals surface area contributed by atoms with E-state index in [-0.39, 0.29) is 26.3 Å². The summed E-state index contributed by atoms with van der Waals surface area (Å²) in [4.78, 5) is 16.5. The van der Waals surface area contributed by atoms with Crippen LogP contribution in [0.25, 0.3) is 21.7 Å². The smallest absolute Gasteiger partial charge is 0.263 e. The topological polar surface area (TPSA) is 110 Å². The van der Waals surface area contributed by atoms with Gasteiger partial charge in [-0.2, -0.15) is 0 Å². The molecule has 0 bridgehead atoms. The lowest BCUT2D eigenvalue weighted by atomic mass is 10.2. The lowest BCUT2D eigenvalue weighted by Gasteiger charge is -2.15. The minimum Gasteiger partial charge on any atom is -0.333 e. The van der Waals surface area contributed by atoms with Gasteiger partial charge in [0.15, 0.2) is 11.6 Å². The Labute approximate surface area is 217 Å². The van der Waals surface area contributed by atoms with Gasteiger partial charge in [-0.1, -0.05) is 29.3 Å². The molecule has 2 N–H and O–H groups in total. The third-order valence-corrected chi connectivity index (χ3v) is 8.05. The minimum absolute atomic E-state index is 0.00160. The van der Waals surface area contributed by atoms with Crippen LogP contribution in [0.3, 0.4) is 0 Å². The molecule has 0 atom stereocenters. The van der Waals surface area contributed by atoms with E-state index in [1.54, 1.807) is 23.7 Å². The zero-order valence-electron chi connectivity index (χ0n) is 17.7. The third kappa shape index (κ3) is 4.55. The van der Waals surface area contributed by atoms with Crippen molar-refractivity contribution < 1.29 is 17.2 Å². The summed E-state index contributed by atoms with van der Waals surface area (Å²) in [5.41, 5.74) is 0.0107. The fourth-order valence-electron chi connectivity index (χ4n) is 3.26. The number of benzene rings is 2. The van der Waals surface area contributed by atoms with E-state index in [0.717, 1.165) is 12.1 Å². The van der Waals surface area contributed by atoms with Gasteiger partial charge >= 0.3 is 0 Å². The van der Waals surface area contributed by atoms with Crippen molar-refractivity contribution in [2.45, 2.75) is 4.90 Å². The molecular weight excluding hydrogens is 553 g/mol. The van der Waals surface area contributed by atoms with E-state index in [2.05, 4.69) is 30.0 Å². The Hall–Kier alpha value is -3.45. The molecule has 0 amide bonds. The molecule has 182 valence electrons. The van der Waals surface area contributed by atoms with Gasteiger partial charge in [0, 0.05) is 11.6 Å². The molecule has 5 aromatic rings. The molecule has 0 spiro atoms. The summed E-state index contributed by atoms with van der Waals surface area (Å²) < 4.78 is 57.8. The van der Waals surface area contributed by atoms with Crippen LogP contribution in [0, 0.1) is 11.6 Å². The molecule has 0 aliphatic rings. The van der Waals surface area contributed by atoms with Crippen molar-refractivity contribution in [3.05, 3.63) is 82.0 Å². The first-order valence-electron chi connectivity index (χ1n) is 9.98. The number of nitrogens with zero attached hydrogens (tertiary/aromatic N) is 4. The van der Waals surface area contributed by atoms with Gasteiger partial charge in [-0.05, 0) is 36.4 Å². The van der Waals surface area contributed by atoms with Gasteiger partial charge < -0.3 is 5.32 Å². The number of anilines is 3. The molecule has 0 aliphatic carbocycles. The Morgan fingerprint density at radius 3 is 2.58 bits per heavy atom. The van der Waals surface area contributed by atoms with E-state index in [0.29, 0.717) is 16.2 Å². The third-order valence-electron chi connectivity index (χ3n) is 4.92. The average molecular weight is 565 g/mol. The van der Waals surface area contributed by atoms with Crippen LogP contribution in [-0.2, 0) is 10.0 Å². The Kier molecular flexibility index (Phi) is 6.43. The summed E-state index contributed by atoms with van der Waals surface area (Å²) in [6.45, 7) is 0. The summed E-state index contributed by atoms with van der Waals surface area (Å²) in [5, 5.41) is 4.77. The predicted octanol–water partition coefficient (Wildman–Crippen LogP) is 6.28. The number of thiazole rings is 1. The summed E-state index contributed by atoms with van der Waals surface area (Å²) in [6, 6.07) is 9.24. The molecule has 0 fully saturated rings. The largest absolute Gasteiger partial charge is 0.333 e. The summed E-state index contributed by atoms with van der Waals surface area (Å²) >= 11 is 13.3. The van der Waals surface area contributed by atoms with Crippen LogP contribution in [0.2, 0.25) is 10.0 Å². The van der Waals surface area contributed by atoms with Crippen molar-refractivity contribution >= 4 is 72.8 Å². The van der Waals surface area contributed by atoms with Crippen LogP contribution < -0.4 is 10.0 Å². The van der Waals surface area contributed by atoms with E-state index in [1.807, 2.05) is 0 Å². The van der Waals surface area contributed by atoms with E-state index >= 15 is 4.39 Å². The van der Waals surface area contributed by atoms with Crippen LogP contribution in [0.15, 0.2) is 65.3 Å². The number of halogens is 4. The molecule has 36 heavy (non-hydrogen) atoms. The normalized spacial score (nSPS) is 11.6. The predicted molar refractivity (Wildman–Crippen MR) is 135 cm³/mol. The molecular formula is C22H12Cl2F2N6O2S2. The van der Waals surface area contributed by atoms with Gasteiger partial charge in [0.05, 0.1) is 26.9 Å². The van der Waals surface area contributed by atoms with E-state index in [9.17, 15) is 12.8 Å². The van der Waals surface area contributed by atoms with Crippen LogP contribution in [0.1, 0.15) is 0 Å². The molecule has 2 aromatic carbocycles. The standard InChI is InChI=1S/C22H12Cl2F2N6O2S2/c23-11-2-1-3-16(17(11)24)36(33,34)32-13-5-4-12(25)19(18(13)26)31-21-20-14(28-10-29-21)6-7-15(30-20)22-27-8-9-35-22/h1-10,32H,(H,28,29,31). The first kappa shape index (κ1) is 24.3. The molecule has 0 saturated carbocycles. The summed E-state index contributed by atoms with van der Waals surface area (Å²) in [7, 11) is -4.36. The number of aromatic nitrogens is 4. The molecule has 3 heterocycles. The van der Waals surface area contributed by atoms with Gasteiger partial charge in [0.1, 0.15) is 33.3 Å². The number of nitrogens with one attached hydrogen (secondary N) is 2. The highest BCUT2D eigenvalue weighted by Crippen LogP contribution is 2.34. The quantitative estimate of drug-likeness (QED) is 0.250. The van der Waals surface area contributed by atoms with Crippen LogP contribution >= 0.6 is 34.5 Å². The van der Waals surface area contributed by atoms with Gasteiger partial charge in [-0.15, -0.1) is 11.3 Å². The van der Waals surface area contributed by atoms with Gasteiger partial charge in [0.2, 0.25) is 0 Å². The lowest BCUT2D eigenvalue weighted by Crippen LogP contribution is -2.15. The van der Waals surface area contributed by atoms with Crippen LogP contribution in [0.4, 0.5) is 26.0 Å². The fraction of sp³-hybridized carbons (Fsp3) is 0. The molecule has 8 nitrogen and oxygen atoms in total. The average Bonchev–Trinajstić information content (AvgIpc) is 3.40. The van der Waals surface area contributed by atoms with E-state index in [4.69, 9.17) is 23.2 Å².